The van der Waals surface area contributed by atoms with Crippen LogP contribution in [0.2, 0.25) is 0 Å². The van der Waals surface area contributed by atoms with E-state index in [1.54, 1.807) is 6.20 Å². The van der Waals surface area contributed by atoms with E-state index in [2.05, 4.69) is 10.4 Å². The van der Waals surface area contributed by atoms with E-state index in [-0.39, 0.29) is 18.5 Å². The smallest absolute Gasteiger partial charge is 0.231 e. The lowest BCUT2D eigenvalue weighted by Gasteiger charge is -2.09. The fraction of sp³-hybridized carbons (Fsp3) is 0.556. The van der Waals surface area contributed by atoms with Crippen molar-refractivity contribution in [2.24, 2.45) is 5.73 Å². The predicted molar refractivity (Wildman–Crippen MR) is 53.5 cm³/mol. The first-order valence-electron chi connectivity index (χ1n) is 4.67. The monoisotopic (exact) mass is 196 g/mol. The molecule has 1 amide bonds. The topological polar surface area (TPSA) is 72.9 Å². The van der Waals surface area contributed by atoms with Gasteiger partial charge in [0.05, 0.1) is 12.7 Å². The second-order valence-electron chi connectivity index (χ2n) is 3.20. The summed E-state index contributed by atoms with van der Waals surface area (Å²) in [6, 6.07) is 0.0998. The summed E-state index contributed by atoms with van der Waals surface area (Å²) in [5.41, 5.74) is 6.09. The fourth-order valence-corrected chi connectivity index (χ4v) is 1.15. The Bertz CT molecular complexity index is 308. The molecule has 78 valence electrons. The summed E-state index contributed by atoms with van der Waals surface area (Å²) in [6.07, 6.45) is 3.75. The minimum atomic E-state index is -0.347. The van der Waals surface area contributed by atoms with Gasteiger partial charge in [0.1, 0.15) is 0 Å². The zero-order valence-electron chi connectivity index (χ0n) is 8.53. The largest absolute Gasteiger partial charge is 0.369 e. The van der Waals surface area contributed by atoms with Crippen LogP contribution in [-0.2, 0) is 11.3 Å². The molecule has 5 heteroatoms. The molecule has 0 radical (unpaired) electrons. The standard InChI is InChI=1S/C9H16N4O/c1-3-13-6-8(4-12-13)7(2)11-5-9(10)14/h4,6-7,11H,3,5H2,1-2H3,(H2,10,14). The van der Waals surface area contributed by atoms with E-state index in [1.165, 1.54) is 0 Å². The van der Waals surface area contributed by atoms with Crippen molar-refractivity contribution < 1.29 is 4.79 Å². The Morgan fingerprint density at radius 1 is 1.79 bits per heavy atom. The molecule has 0 aliphatic carbocycles. The fourth-order valence-electron chi connectivity index (χ4n) is 1.15. The van der Waals surface area contributed by atoms with Gasteiger partial charge in [-0.15, -0.1) is 0 Å². The molecule has 5 nitrogen and oxygen atoms in total. The van der Waals surface area contributed by atoms with Crippen LogP contribution in [0.3, 0.4) is 0 Å². The molecule has 1 atom stereocenters. The Hall–Kier alpha value is -1.36. The van der Waals surface area contributed by atoms with Crippen LogP contribution in [0.25, 0.3) is 0 Å². The van der Waals surface area contributed by atoms with Crippen molar-refractivity contribution in [2.45, 2.75) is 26.4 Å². The van der Waals surface area contributed by atoms with Gasteiger partial charge in [-0.1, -0.05) is 0 Å². The van der Waals surface area contributed by atoms with E-state index < -0.39 is 0 Å². The van der Waals surface area contributed by atoms with Crippen LogP contribution in [0.15, 0.2) is 12.4 Å². The van der Waals surface area contributed by atoms with Gasteiger partial charge in [-0.05, 0) is 13.8 Å². The number of hydrogen-bond donors (Lipinski definition) is 2. The molecule has 1 unspecified atom stereocenters. The van der Waals surface area contributed by atoms with Crippen molar-refractivity contribution in [3.63, 3.8) is 0 Å². The molecule has 1 heterocycles. The van der Waals surface area contributed by atoms with Gasteiger partial charge in [-0.25, -0.2) is 0 Å². The highest BCUT2D eigenvalue weighted by molar-refractivity contribution is 5.75. The van der Waals surface area contributed by atoms with Gasteiger partial charge in [-0.2, -0.15) is 5.10 Å². The number of aryl methyl sites for hydroxylation is 1. The van der Waals surface area contributed by atoms with Gasteiger partial charge in [0.2, 0.25) is 5.91 Å². The van der Waals surface area contributed by atoms with Crippen molar-refractivity contribution in [3.05, 3.63) is 18.0 Å². The zero-order valence-corrected chi connectivity index (χ0v) is 8.53. The summed E-state index contributed by atoms with van der Waals surface area (Å²) in [7, 11) is 0. The molecule has 0 saturated heterocycles. The van der Waals surface area contributed by atoms with Gasteiger partial charge < -0.3 is 11.1 Å². The molecule has 3 N–H and O–H groups in total. The maximum atomic E-state index is 10.5. The molecule has 0 spiro atoms. The van der Waals surface area contributed by atoms with E-state index in [9.17, 15) is 4.79 Å². The molecule has 0 fully saturated rings. The normalized spacial score (nSPS) is 12.7. The Morgan fingerprint density at radius 3 is 3.00 bits per heavy atom. The van der Waals surface area contributed by atoms with E-state index in [4.69, 9.17) is 5.73 Å². The van der Waals surface area contributed by atoms with E-state index >= 15 is 0 Å². The Labute approximate surface area is 83.3 Å². The quantitative estimate of drug-likeness (QED) is 0.698. The molecular weight excluding hydrogens is 180 g/mol. The van der Waals surface area contributed by atoms with Crippen molar-refractivity contribution in [2.75, 3.05) is 6.54 Å². The maximum Gasteiger partial charge on any atom is 0.231 e. The number of carbonyl (C=O) groups is 1. The number of amides is 1. The van der Waals surface area contributed by atoms with Crippen molar-refractivity contribution >= 4 is 5.91 Å². The Kier molecular flexibility index (Phi) is 3.64. The second-order valence-corrected chi connectivity index (χ2v) is 3.20. The summed E-state index contributed by atoms with van der Waals surface area (Å²) < 4.78 is 1.85. The summed E-state index contributed by atoms with van der Waals surface area (Å²) in [5, 5.41) is 7.15. The number of nitrogens with one attached hydrogen (secondary N) is 1. The van der Waals surface area contributed by atoms with E-state index in [1.807, 2.05) is 24.7 Å². The highest BCUT2D eigenvalue weighted by Gasteiger charge is 2.07. The summed E-state index contributed by atoms with van der Waals surface area (Å²) >= 11 is 0. The van der Waals surface area contributed by atoms with Crippen LogP contribution in [0.1, 0.15) is 25.5 Å². The lowest BCUT2D eigenvalue weighted by molar-refractivity contribution is -0.117. The van der Waals surface area contributed by atoms with Crippen LogP contribution in [0.5, 0.6) is 0 Å². The van der Waals surface area contributed by atoms with Crippen molar-refractivity contribution in [3.8, 4) is 0 Å². The van der Waals surface area contributed by atoms with Crippen LogP contribution < -0.4 is 11.1 Å². The average molecular weight is 196 g/mol. The SMILES string of the molecule is CCn1cc(C(C)NCC(N)=O)cn1. The molecule has 0 saturated carbocycles. The first-order valence-corrected chi connectivity index (χ1v) is 4.67. The molecule has 1 aromatic heterocycles. The summed E-state index contributed by atoms with van der Waals surface area (Å²) in [5.74, 6) is -0.347. The third-order valence-corrected chi connectivity index (χ3v) is 2.06. The van der Waals surface area contributed by atoms with Gasteiger partial charge in [0.25, 0.3) is 0 Å². The van der Waals surface area contributed by atoms with Gasteiger partial charge in [0.15, 0.2) is 0 Å². The van der Waals surface area contributed by atoms with Crippen LogP contribution >= 0.6 is 0 Å². The number of aromatic nitrogens is 2. The third-order valence-electron chi connectivity index (χ3n) is 2.06. The van der Waals surface area contributed by atoms with Crippen molar-refractivity contribution in [1.82, 2.24) is 15.1 Å². The number of hydrogen-bond acceptors (Lipinski definition) is 3. The minimum absolute atomic E-state index is 0.0998. The van der Waals surface area contributed by atoms with Gasteiger partial charge in [0, 0.05) is 24.3 Å². The van der Waals surface area contributed by atoms with Crippen LogP contribution in [0, 0.1) is 0 Å². The van der Waals surface area contributed by atoms with Gasteiger partial charge in [-0.3, -0.25) is 9.48 Å². The lowest BCUT2D eigenvalue weighted by Crippen LogP contribution is -2.30. The highest BCUT2D eigenvalue weighted by atomic mass is 16.1. The number of primary amides is 1. The number of nitrogens with two attached hydrogens (primary N) is 1. The van der Waals surface area contributed by atoms with E-state index in [0.717, 1.165) is 12.1 Å². The zero-order chi connectivity index (χ0) is 10.6. The van der Waals surface area contributed by atoms with E-state index in [0.29, 0.717) is 0 Å². The van der Waals surface area contributed by atoms with Gasteiger partial charge >= 0.3 is 0 Å². The maximum absolute atomic E-state index is 10.5. The molecule has 0 aromatic carbocycles. The molecule has 1 aromatic rings. The van der Waals surface area contributed by atoms with Crippen molar-refractivity contribution in [1.29, 1.82) is 0 Å². The molecule has 1 rings (SSSR count). The summed E-state index contributed by atoms with van der Waals surface area (Å²) in [4.78, 5) is 10.5. The first kappa shape index (κ1) is 10.7. The lowest BCUT2D eigenvalue weighted by atomic mass is 10.2. The molecular formula is C9H16N4O. The molecule has 0 aliphatic rings. The van der Waals surface area contributed by atoms with Crippen LogP contribution in [-0.4, -0.2) is 22.2 Å². The summed E-state index contributed by atoms with van der Waals surface area (Å²) in [6.45, 7) is 5.04. The second kappa shape index (κ2) is 4.76. The number of nitrogens with zero attached hydrogens (tertiary/aromatic N) is 2. The minimum Gasteiger partial charge on any atom is -0.369 e. The van der Waals surface area contributed by atoms with Crippen LogP contribution in [0.4, 0.5) is 0 Å². The Balaban J connectivity index is 2.51. The number of rotatable bonds is 5. The number of carbonyl (C=O) groups excluding carboxylic acids is 1. The molecule has 14 heavy (non-hydrogen) atoms. The highest BCUT2D eigenvalue weighted by Crippen LogP contribution is 2.09. The average Bonchev–Trinajstić information content (AvgIpc) is 2.62. The Morgan fingerprint density at radius 2 is 2.50 bits per heavy atom. The predicted octanol–water partition coefficient (Wildman–Crippen LogP) is 0.0389. The molecule has 0 aliphatic heterocycles. The first-order chi connectivity index (χ1) is 6.63. The molecule has 0 bridgehead atoms. The third kappa shape index (κ3) is 2.85.